The number of ether oxygens (including phenoxy) is 1. The van der Waals surface area contributed by atoms with Crippen LogP contribution in [0.25, 0.3) is 0 Å². The van der Waals surface area contributed by atoms with Gasteiger partial charge in [0.2, 0.25) is 0 Å². The van der Waals surface area contributed by atoms with Gasteiger partial charge in [0.15, 0.2) is 0 Å². The van der Waals surface area contributed by atoms with Gasteiger partial charge in [-0.15, -0.1) is 11.3 Å². The molecule has 2 heterocycles. The number of carboxylic acids is 1. The minimum atomic E-state index is -0.918. The lowest BCUT2D eigenvalue weighted by atomic mass is 9.92. The SMILES string of the molecule is CC(C)(C)C#Cc1cc(NC2CCC(Oc3ccnnc3)CC2)c(C(=O)O)s1. The second-order valence-electron chi connectivity index (χ2n) is 7.97. The lowest BCUT2D eigenvalue weighted by Gasteiger charge is -2.29. The number of rotatable bonds is 5. The Labute approximate surface area is 169 Å². The fourth-order valence-electron chi connectivity index (χ4n) is 3.05. The largest absolute Gasteiger partial charge is 0.489 e. The summed E-state index contributed by atoms with van der Waals surface area (Å²) in [4.78, 5) is 12.7. The molecular weight excluding hydrogens is 374 g/mol. The van der Waals surface area contributed by atoms with Gasteiger partial charge in [-0.05, 0) is 52.5 Å². The second-order valence-corrected chi connectivity index (χ2v) is 9.02. The highest BCUT2D eigenvalue weighted by atomic mass is 32.1. The quantitative estimate of drug-likeness (QED) is 0.723. The summed E-state index contributed by atoms with van der Waals surface area (Å²) in [5.41, 5.74) is 0.544. The number of aromatic nitrogens is 2. The minimum absolute atomic E-state index is 0.121. The highest BCUT2D eigenvalue weighted by Crippen LogP contribution is 2.31. The molecule has 1 fully saturated rings. The molecule has 1 saturated carbocycles. The number of hydrogen-bond donors (Lipinski definition) is 2. The molecule has 0 saturated heterocycles. The van der Waals surface area contributed by atoms with Crippen molar-refractivity contribution in [2.24, 2.45) is 5.41 Å². The van der Waals surface area contributed by atoms with E-state index in [1.165, 1.54) is 11.3 Å². The molecule has 0 radical (unpaired) electrons. The molecule has 0 amide bonds. The second kappa shape index (κ2) is 8.61. The average molecular weight is 400 g/mol. The molecular formula is C21H25N3O3S. The fraction of sp³-hybridized carbons (Fsp3) is 0.476. The minimum Gasteiger partial charge on any atom is -0.489 e. The zero-order valence-corrected chi connectivity index (χ0v) is 17.2. The highest BCUT2D eigenvalue weighted by molar-refractivity contribution is 7.15. The maximum atomic E-state index is 11.6. The van der Waals surface area contributed by atoms with Crippen molar-refractivity contribution in [2.45, 2.75) is 58.6 Å². The number of anilines is 1. The van der Waals surface area contributed by atoms with Crippen molar-refractivity contribution in [1.82, 2.24) is 10.2 Å². The number of thiophene rings is 1. The number of hydrogen-bond acceptors (Lipinski definition) is 6. The fourth-order valence-corrected chi connectivity index (χ4v) is 3.87. The third-order valence-corrected chi connectivity index (χ3v) is 5.42. The lowest BCUT2D eigenvalue weighted by molar-refractivity contribution is 0.0703. The summed E-state index contributed by atoms with van der Waals surface area (Å²) < 4.78 is 5.94. The lowest BCUT2D eigenvalue weighted by Crippen LogP contribution is -2.31. The summed E-state index contributed by atoms with van der Waals surface area (Å²) in [5.74, 6) is 6.09. The third kappa shape index (κ3) is 5.70. The molecule has 0 aromatic carbocycles. The van der Waals surface area contributed by atoms with Gasteiger partial charge < -0.3 is 15.2 Å². The first-order valence-electron chi connectivity index (χ1n) is 9.40. The molecule has 0 bridgehead atoms. The molecule has 7 heteroatoms. The zero-order chi connectivity index (χ0) is 20.1. The van der Waals surface area contributed by atoms with Crippen LogP contribution in [0.3, 0.4) is 0 Å². The van der Waals surface area contributed by atoms with Crippen molar-refractivity contribution in [3.63, 3.8) is 0 Å². The number of carbonyl (C=O) groups is 1. The van der Waals surface area contributed by atoms with Crippen molar-refractivity contribution in [3.05, 3.63) is 34.3 Å². The van der Waals surface area contributed by atoms with Gasteiger partial charge in [0, 0.05) is 17.5 Å². The van der Waals surface area contributed by atoms with E-state index in [0.717, 1.165) is 36.3 Å². The molecule has 0 atom stereocenters. The summed E-state index contributed by atoms with van der Waals surface area (Å²) in [6.45, 7) is 6.11. The van der Waals surface area contributed by atoms with Gasteiger partial charge in [-0.2, -0.15) is 10.2 Å². The maximum Gasteiger partial charge on any atom is 0.348 e. The number of nitrogens with zero attached hydrogens (tertiary/aromatic N) is 2. The van der Waals surface area contributed by atoms with Crippen molar-refractivity contribution in [2.75, 3.05) is 5.32 Å². The van der Waals surface area contributed by atoms with Crippen molar-refractivity contribution in [1.29, 1.82) is 0 Å². The van der Waals surface area contributed by atoms with Crippen LogP contribution in [-0.4, -0.2) is 33.4 Å². The first-order valence-corrected chi connectivity index (χ1v) is 10.2. The molecule has 0 spiro atoms. The van der Waals surface area contributed by atoms with Gasteiger partial charge in [0.05, 0.1) is 29.1 Å². The Balaban J connectivity index is 1.61. The summed E-state index contributed by atoms with van der Waals surface area (Å²) in [6.07, 6.45) is 7.04. The van der Waals surface area contributed by atoms with Gasteiger partial charge in [-0.3, -0.25) is 0 Å². The topological polar surface area (TPSA) is 84.3 Å². The van der Waals surface area contributed by atoms with Gasteiger partial charge in [0.25, 0.3) is 0 Å². The summed E-state index contributed by atoms with van der Waals surface area (Å²) >= 11 is 1.23. The first kappa shape index (κ1) is 20.2. The van der Waals surface area contributed by atoms with Crippen LogP contribution in [0, 0.1) is 17.3 Å². The predicted octanol–water partition coefficient (Wildman–Crippen LogP) is 4.44. The van der Waals surface area contributed by atoms with Crippen LogP contribution in [0.2, 0.25) is 0 Å². The van der Waals surface area contributed by atoms with Crippen LogP contribution in [0.15, 0.2) is 24.5 Å². The van der Waals surface area contributed by atoms with E-state index in [4.69, 9.17) is 4.74 Å². The third-order valence-electron chi connectivity index (χ3n) is 4.38. The molecule has 2 aromatic rings. The Morgan fingerprint density at radius 3 is 2.64 bits per heavy atom. The van der Waals surface area contributed by atoms with Crippen molar-refractivity contribution >= 4 is 23.0 Å². The van der Waals surface area contributed by atoms with Crippen LogP contribution >= 0.6 is 11.3 Å². The highest BCUT2D eigenvalue weighted by Gasteiger charge is 2.24. The Bertz CT molecular complexity index is 870. The van der Waals surface area contributed by atoms with Crippen LogP contribution in [0.1, 0.15) is 61.0 Å². The molecule has 3 rings (SSSR count). The molecule has 2 N–H and O–H groups in total. The summed E-state index contributed by atoms with van der Waals surface area (Å²) in [7, 11) is 0. The molecule has 6 nitrogen and oxygen atoms in total. The van der Waals surface area contributed by atoms with Crippen LogP contribution in [-0.2, 0) is 0 Å². The average Bonchev–Trinajstić information content (AvgIpc) is 3.05. The molecule has 148 valence electrons. The van der Waals surface area contributed by atoms with E-state index in [2.05, 4.69) is 27.4 Å². The predicted molar refractivity (Wildman–Crippen MR) is 110 cm³/mol. The van der Waals surface area contributed by atoms with Crippen molar-refractivity contribution in [3.8, 4) is 17.6 Å². The molecule has 28 heavy (non-hydrogen) atoms. The van der Waals surface area contributed by atoms with Gasteiger partial charge in [0.1, 0.15) is 10.6 Å². The number of carboxylic acid groups (broad SMARTS) is 1. The van der Waals surface area contributed by atoms with Gasteiger partial charge in [-0.25, -0.2) is 4.79 Å². The molecule has 1 aliphatic carbocycles. The maximum absolute atomic E-state index is 11.6. The Morgan fingerprint density at radius 1 is 1.29 bits per heavy atom. The van der Waals surface area contributed by atoms with Crippen molar-refractivity contribution < 1.29 is 14.6 Å². The van der Waals surface area contributed by atoms with E-state index in [1.54, 1.807) is 12.4 Å². The Morgan fingerprint density at radius 2 is 2.04 bits per heavy atom. The standard InChI is InChI=1S/C21H25N3O3S/c1-21(2,3)10-8-17-12-18(19(28-17)20(25)26)24-14-4-6-15(7-5-14)27-16-9-11-22-23-13-16/h9,11-15,24H,4-7H2,1-3H3,(H,25,26). The molecule has 0 unspecified atom stereocenters. The smallest absolute Gasteiger partial charge is 0.348 e. The summed E-state index contributed by atoms with van der Waals surface area (Å²) in [6, 6.07) is 3.90. The van der Waals surface area contributed by atoms with Gasteiger partial charge >= 0.3 is 5.97 Å². The van der Waals surface area contributed by atoms with Gasteiger partial charge in [-0.1, -0.05) is 11.8 Å². The monoisotopic (exact) mass is 399 g/mol. The normalized spacial score (nSPS) is 19.4. The van der Waals surface area contributed by atoms with E-state index in [1.807, 2.05) is 32.9 Å². The molecule has 2 aromatic heterocycles. The van der Waals surface area contributed by atoms with Crippen LogP contribution in [0.4, 0.5) is 5.69 Å². The van der Waals surface area contributed by atoms with E-state index in [-0.39, 0.29) is 17.6 Å². The Kier molecular flexibility index (Phi) is 6.20. The van der Waals surface area contributed by atoms with Crippen LogP contribution in [0.5, 0.6) is 5.75 Å². The van der Waals surface area contributed by atoms with E-state index < -0.39 is 5.97 Å². The van der Waals surface area contributed by atoms with E-state index >= 15 is 0 Å². The van der Waals surface area contributed by atoms with E-state index in [9.17, 15) is 9.90 Å². The number of aromatic carboxylic acids is 1. The Hall–Kier alpha value is -2.59. The zero-order valence-electron chi connectivity index (χ0n) is 16.4. The molecule has 1 aliphatic rings. The summed E-state index contributed by atoms with van der Waals surface area (Å²) in [5, 5.41) is 20.5. The van der Waals surface area contributed by atoms with Crippen LogP contribution < -0.4 is 10.1 Å². The van der Waals surface area contributed by atoms with E-state index in [0.29, 0.717) is 10.6 Å². The first-order chi connectivity index (χ1) is 13.3. The molecule has 0 aliphatic heterocycles. The number of nitrogens with one attached hydrogen (secondary N) is 1.